The smallest absolute Gasteiger partial charge is 0.220 e. The molecule has 0 saturated carbocycles. The number of aromatic nitrogens is 3. The summed E-state index contributed by atoms with van der Waals surface area (Å²) in [5.41, 5.74) is 10.4. The van der Waals surface area contributed by atoms with Gasteiger partial charge in [0.15, 0.2) is 0 Å². The van der Waals surface area contributed by atoms with Crippen LogP contribution in [-0.2, 0) is 0 Å². The van der Waals surface area contributed by atoms with Crippen molar-refractivity contribution in [2.45, 2.75) is 11.8 Å². The maximum Gasteiger partial charge on any atom is 0.220 e. The maximum atomic E-state index is 9.20. The summed E-state index contributed by atoms with van der Waals surface area (Å²) >= 11 is 6.15. The monoisotopic (exact) mass is 411 g/mol. The second-order valence-electron chi connectivity index (χ2n) is 6.87. The van der Waals surface area contributed by atoms with Gasteiger partial charge in [0.05, 0.1) is 17.3 Å². The minimum Gasteiger partial charge on any atom is -0.368 e. The molecule has 2 aromatic carbocycles. The molecule has 4 rings (SSSR count). The molecule has 2 aromatic heterocycles. The number of hydrogen-bond acceptors (Lipinski definition) is 5. The summed E-state index contributed by atoms with van der Waals surface area (Å²) in [4.78, 5) is 12.9. The summed E-state index contributed by atoms with van der Waals surface area (Å²) in [6.07, 6.45) is 5.27. The highest BCUT2D eigenvalue weighted by molar-refractivity contribution is 6.30. The molecule has 6 heteroatoms. The van der Waals surface area contributed by atoms with E-state index in [4.69, 9.17) is 17.3 Å². The number of pyridine rings is 1. The fourth-order valence-corrected chi connectivity index (χ4v) is 3.79. The number of hydrogen-bond donors (Lipinski definition) is 1. The largest absolute Gasteiger partial charge is 0.368 e. The van der Waals surface area contributed by atoms with Gasteiger partial charge in [-0.2, -0.15) is 5.26 Å². The van der Waals surface area contributed by atoms with Gasteiger partial charge >= 0.3 is 0 Å². The third kappa shape index (κ3) is 4.14. The van der Waals surface area contributed by atoms with Crippen LogP contribution in [0.3, 0.4) is 0 Å². The molecule has 0 radical (unpaired) electrons. The number of benzene rings is 2. The van der Waals surface area contributed by atoms with E-state index < -0.39 is 0 Å². The van der Waals surface area contributed by atoms with Crippen molar-refractivity contribution in [3.8, 4) is 6.07 Å². The number of nitrogens with zero attached hydrogens (tertiary/aromatic N) is 4. The van der Waals surface area contributed by atoms with Crippen LogP contribution in [0.4, 0.5) is 5.95 Å². The van der Waals surface area contributed by atoms with Crippen LogP contribution in [-0.4, -0.2) is 15.0 Å². The number of nitrogens with two attached hydrogens (primary N) is 1. The fraction of sp³-hybridized carbons (Fsp3) is 0.0833. The van der Waals surface area contributed by atoms with Gasteiger partial charge in [0.25, 0.3) is 0 Å². The number of rotatable bonds is 5. The highest BCUT2D eigenvalue weighted by Crippen LogP contribution is 2.42. The summed E-state index contributed by atoms with van der Waals surface area (Å²) in [7, 11) is 0. The molecule has 0 bridgehead atoms. The number of anilines is 1. The Bertz CT molecular complexity index is 1170. The standard InChI is InChI=1S/C24H18ClN5/c25-20-9-7-18(8-10-20)23(21-11-13-29-24(27)30-21)22(19-2-1-12-28-15-19)17-5-3-16(14-26)4-6-17/h1-13,15,22-23H,(H2,27,29,30). The van der Waals surface area contributed by atoms with Gasteiger partial charge in [-0.05, 0) is 53.1 Å². The zero-order valence-corrected chi connectivity index (χ0v) is 16.7. The molecule has 2 N–H and O–H groups in total. The van der Waals surface area contributed by atoms with Crippen molar-refractivity contribution in [3.05, 3.63) is 118 Å². The first-order valence-electron chi connectivity index (χ1n) is 9.39. The first kappa shape index (κ1) is 19.6. The van der Waals surface area contributed by atoms with Gasteiger partial charge < -0.3 is 5.73 Å². The lowest BCUT2D eigenvalue weighted by Crippen LogP contribution is -2.17. The average Bonchev–Trinajstić information content (AvgIpc) is 2.79. The molecule has 0 aliphatic carbocycles. The lowest BCUT2D eigenvalue weighted by Gasteiger charge is -2.28. The van der Waals surface area contributed by atoms with Gasteiger partial charge in [0.1, 0.15) is 0 Å². The quantitative estimate of drug-likeness (QED) is 0.502. The Morgan fingerprint density at radius 3 is 2.17 bits per heavy atom. The predicted octanol–water partition coefficient (Wildman–Crippen LogP) is 4.94. The lowest BCUT2D eigenvalue weighted by atomic mass is 9.75. The Kier molecular flexibility index (Phi) is 5.69. The molecule has 0 amide bonds. The van der Waals surface area contributed by atoms with Crippen LogP contribution in [0.5, 0.6) is 0 Å². The molecule has 0 aliphatic heterocycles. The molecule has 4 aromatic rings. The Morgan fingerprint density at radius 2 is 1.53 bits per heavy atom. The molecular weight excluding hydrogens is 394 g/mol. The Balaban J connectivity index is 1.94. The van der Waals surface area contributed by atoms with E-state index in [1.165, 1.54) is 0 Å². The van der Waals surface area contributed by atoms with E-state index in [2.05, 4.69) is 21.0 Å². The third-order valence-corrected chi connectivity index (χ3v) is 5.27. The first-order valence-corrected chi connectivity index (χ1v) is 9.77. The van der Waals surface area contributed by atoms with Crippen LogP contribution in [0.2, 0.25) is 5.02 Å². The van der Waals surface area contributed by atoms with Crippen LogP contribution < -0.4 is 5.73 Å². The minimum atomic E-state index is -0.162. The van der Waals surface area contributed by atoms with Gasteiger partial charge in [0.2, 0.25) is 5.95 Å². The number of nitriles is 1. The van der Waals surface area contributed by atoms with Crippen LogP contribution in [0, 0.1) is 11.3 Å². The molecule has 0 fully saturated rings. The van der Waals surface area contributed by atoms with Gasteiger partial charge in [0, 0.05) is 35.4 Å². The average molecular weight is 412 g/mol. The van der Waals surface area contributed by atoms with Crippen LogP contribution in [0.1, 0.15) is 39.8 Å². The van der Waals surface area contributed by atoms with Crippen LogP contribution in [0.15, 0.2) is 85.3 Å². The molecule has 0 spiro atoms. The Morgan fingerprint density at radius 1 is 0.833 bits per heavy atom. The van der Waals surface area contributed by atoms with E-state index in [-0.39, 0.29) is 17.8 Å². The molecule has 2 heterocycles. The topological polar surface area (TPSA) is 88.5 Å². The van der Waals surface area contributed by atoms with E-state index >= 15 is 0 Å². The summed E-state index contributed by atoms with van der Waals surface area (Å²) in [6.45, 7) is 0. The summed E-state index contributed by atoms with van der Waals surface area (Å²) < 4.78 is 0. The van der Waals surface area contributed by atoms with E-state index in [1.54, 1.807) is 12.4 Å². The molecule has 0 aliphatic rings. The van der Waals surface area contributed by atoms with E-state index in [1.807, 2.05) is 72.9 Å². The van der Waals surface area contributed by atoms with Crippen LogP contribution >= 0.6 is 11.6 Å². The summed E-state index contributed by atoms with van der Waals surface area (Å²) in [6, 6.07) is 23.3. The summed E-state index contributed by atoms with van der Waals surface area (Å²) in [5, 5.41) is 9.87. The third-order valence-electron chi connectivity index (χ3n) is 5.02. The van der Waals surface area contributed by atoms with E-state index in [0.717, 1.165) is 22.4 Å². The zero-order valence-electron chi connectivity index (χ0n) is 16.0. The van der Waals surface area contributed by atoms with E-state index in [0.29, 0.717) is 10.6 Å². The molecule has 0 saturated heterocycles. The van der Waals surface area contributed by atoms with Gasteiger partial charge in [-0.15, -0.1) is 0 Å². The van der Waals surface area contributed by atoms with Crippen molar-refractivity contribution in [2.75, 3.05) is 5.73 Å². The number of nitrogen functional groups attached to an aromatic ring is 1. The van der Waals surface area contributed by atoms with Crippen molar-refractivity contribution in [3.63, 3.8) is 0 Å². The first-order chi connectivity index (χ1) is 14.7. The minimum absolute atomic E-state index is 0.109. The highest BCUT2D eigenvalue weighted by atomic mass is 35.5. The normalized spacial score (nSPS) is 12.7. The molecule has 146 valence electrons. The van der Waals surface area contributed by atoms with Gasteiger partial charge in [-0.25, -0.2) is 9.97 Å². The predicted molar refractivity (Wildman–Crippen MR) is 117 cm³/mol. The molecule has 30 heavy (non-hydrogen) atoms. The number of halogens is 1. The molecule has 2 unspecified atom stereocenters. The Hall–Kier alpha value is -3.75. The summed E-state index contributed by atoms with van der Waals surface area (Å²) in [5.74, 6) is -0.0529. The van der Waals surface area contributed by atoms with Crippen molar-refractivity contribution >= 4 is 17.5 Å². The van der Waals surface area contributed by atoms with E-state index in [9.17, 15) is 5.26 Å². The fourth-order valence-electron chi connectivity index (χ4n) is 3.67. The van der Waals surface area contributed by atoms with Crippen LogP contribution in [0.25, 0.3) is 0 Å². The second-order valence-corrected chi connectivity index (χ2v) is 7.30. The van der Waals surface area contributed by atoms with Crippen molar-refractivity contribution in [1.29, 1.82) is 5.26 Å². The second kappa shape index (κ2) is 8.73. The maximum absolute atomic E-state index is 9.20. The molecule has 5 nitrogen and oxygen atoms in total. The van der Waals surface area contributed by atoms with Crippen molar-refractivity contribution < 1.29 is 0 Å². The molecular formula is C24H18ClN5. The van der Waals surface area contributed by atoms with Crippen molar-refractivity contribution in [1.82, 2.24) is 15.0 Å². The lowest BCUT2D eigenvalue weighted by molar-refractivity contribution is 0.671. The van der Waals surface area contributed by atoms with Crippen molar-refractivity contribution in [2.24, 2.45) is 0 Å². The molecule has 2 atom stereocenters. The highest BCUT2D eigenvalue weighted by Gasteiger charge is 2.29. The van der Waals surface area contributed by atoms with Gasteiger partial charge in [-0.1, -0.05) is 41.9 Å². The van der Waals surface area contributed by atoms with Gasteiger partial charge in [-0.3, -0.25) is 4.98 Å². The Labute approximate surface area is 179 Å². The SMILES string of the molecule is N#Cc1ccc(C(c2cccnc2)C(c2ccc(Cl)cc2)c2ccnc(N)n2)cc1. The zero-order chi connectivity index (χ0) is 20.9.